The van der Waals surface area contributed by atoms with Crippen molar-refractivity contribution in [1.29, 1.82) is 0 Å². The molecule has 0 saturated heterocycles. The van der Waals surface area contributed by atoms with Gasteiger partial charge in [0.05, 0.1) is 23.2 Å². The van der Waals surface area contributed by atoms with Crippen LogP contribution in [0.25, 0.3) is 0 Å². The molecule has 0 aliphatic rings. The number of nitrogens with one attached hydrogen (secondary N) is 2. The number of benzene rings is 2. The Balaban J connectivity index is 2.02. The highest BCUT2D eigenvalue weighted by atomic mass is 32.2. The number of carbonyl (C=O) groups is 2. The second kappa shape index (κ2) is 10.9. The molecule has 168 valence electrons. The molecule has 2 aromatic rings. The number of hydrogen-bond acceptors (Lipinski definition) is 4. The van der Waals surface area contributed by atoms with Gasteiger partial charge in [0.2, 0.25) is 15.9 Å². The first-order valence-electron chi connectivity index (χ1n) is 10.4. The van der Waals surface area contributed by atoms with E-state index >= 15 is 0 Å². The van der Waals surface area contributed by atoms with Crippen molar-refractivity contribution in [3.63, 3.8) is 0 Å². The maximum absolute atomic E-state index is 12.5. The second-order valence-corrected chi connectivity index (χ2v) is 9.51. The molecule has 0 fully saturated rings. The van der Waals surface area contributed by atoms with Gasteiger partial charge in [-0.1, -0.05) is 37.3 Å². The standard InChI is InChI=1S/C23H31N3O4S/c1-5-18(3)24-23(28)19-12-7-8-13-20(19)25-22(27)15-10-16-26(31(4,29)30)21-14-9-6-11-17(21)2/h6-9,11-14,18H,5,10,15-16H2,1-4H3,(H,24,28)(H,25,27)/t18-/m0/s1. The monoisotopic (exact) mass is 445 g/mol. The van der Waals surface area contributed by atoms with E-state index in [1.165, 1.54) is 4.31 Å². The van der Waals surface area contributed by atoms with Gasteiger partial charge in [-0.25, -0.2) is 8.42 Å². The van der Waals surface area contributed by atoms with Gasteiger partial charge in [0.25, 0.3) is 5.91 Å². The molecule has 7 nitrogen and oxygen atoms in total. The average molecular weight is 446 g/mol. The second-order valence-electron chi connectivity index (χ2n) is 7.60. The molecule has 1 atom stereocenters. The first-order valence-corrected chi connectivity index (χ1v) is 12.2. The average Bonchev–Trinajstić information content (AvgIpc) is 2.71. The molecule has 8 heteroatoms. The quantitative estimate of drug-likeness (QED) is 0.583. The topological polar surface area (TPSA) is 95.6 Å². The van der Waals surface area contributed by atoms with Crippen molar-refractivity contribution >= 4 is 33.2 Å². The highest BCUT2D eigenvalue weighted by molar-refractivity contribution is 7.92. The van der Waals surface area contributed by atoms with Gasteiger partial charge in [0.1, 0.15) is 0 Å². The minimum atomic E-state index is -3.48. The maximum atomic E-state index is 12.5. The number of sulfonamides is 1. The molecule has 0 aliphatic heterocycles. The molecule has 0 bridgehead atoms. The van der Waals surface area contributed by atoms with Gasteiger partial charge in [-0.3, -0.25) is 13.9 Å². The van der Waals surface area contributed by atoms with Crippen LogP contribution in [-0.4, -0.2) is 39.1 Å². The van der Waals surface area contributed by atoms with Crippen LogP contribution in [-0.2, 0) is 14.8 Å². The highest BCUT2D eigenvalue weighted by Crippen LogP contribution is 2.23. The van der Waals surface area contributed by atoms with Crippen molar-refractivity contribution in [2.45, 2.75) is 46.1 Å². The lowest BCUT2D eigenvalue weighted by Gasteiger charge is -2.24. The molecular formula is C23H31N3O4S. The van der Waals surface area contributed by atoms with E-state index in [4.69, 9.17) is 0 Å². The van der Waals surface area contributed by atoms with Gasteiger partial charge in [-0.2, -0.15) is 0 Å². The minimum Gasteiger partial charge on any atom is -0.350 e. The van der Waals surface area contributed by atoms with Gasteiger partial charge >= 0.3 is 0 Å². The Kier molecular flexibility index (Phi) is 8.62. The van der Waals surface area contributed by atoms with Crippen LogP contribution in [0.5, 0.6) is 0 Å². The predicted octanol–water partition coefficient (Wildman–Crippen LogP) is 3.71. The van der Waals surface area contributed by atoms with Crippen molar-refractivity contribution in [2.24, 2.45) is 0 Å². The third-order valence-corrected chi connectivity index (χ3v) is 6.17. The molecule has 2 aromatic carbocycles. The Morgan fingerprint density at radius 3 is 2.35 bits per heavy atom. The minimum absolute atomic E-state index is 0.0275. The van der Waals surface area contributed by atoms with Crippen LogP contribution in [0.2, 0.25) is 0 Å². The van der Waals surface area contributed by atoms with Crippen LogP contribution >= 0.6 is 0 Å². The van der Waals surface area contributed by atoms with Crippen molar-refractivity contribution in [3.8, 4) is 0 Å². The van der Waals surface area contributed by atoms with E-state index in [1.807, 2.05) is 32.9 Å². The smallest absolute Gasteiger partial charge is 0.253 e. The summed E-state index contributed by atoms with van der Waals surface area (Å²) < 4.78 is 25.9. The summed E-state index contributed by atoms with van der Waals surface area (Å²) >= 11 is 0. The number of nitrogens with zero attached hydrogens (tertiary/aromatic N) is 1. The van der Waals surface area contributed by atoms with Crippen molar-refractivity contribution < 1.29 is 18.0 Å². The van der Waals surface area contributed by atoms with Gasteiger partial charge in [-0.05, 0) is 50.5 Å². The molecule has 2 N–H and O–H groups in total. The molecule has 0 aliphatic carbocycles. The fraction of sp³-hybridized carbons (Fsp3) is 0.391. The molecule has 0 saturated carbocycles. The molecule has 0 heterocycles. The van der Waals surface area contributed by atoms with Crippen LogP contribution in [0.4, 0.5) is 11.4 Å². The Labute approximate surface area is 184 Å². The van der Waals surface area contributed by atoms with Gasteiger partial charge in [0.15, 0.2) is 0 Å². The van der Waals surface area contributed by atoms with Gasteiger partial charge < -0.3 is 10.6 Å². The van der Waals surface area contributed by atoms with E-state index in [0.717, 1.165) is 18.2 Å². The van der Waals surface area contributed by atoms with E-state index in [0.29, 0.717) is 23.4 Å². The fourth-order valence-corrected chi connectivity index (χ4v) is 4.12. The summed E-state index contributed by atoms with van der Waals surface area (Å²) in [6, 6.07) is 14.1. The molecule has 0 unspecified atom stereocenters. The summed E-state index contributed by atoms with van der Waals surface area (Å²) in [4.78, 5) is 25.0. The normalized spacial score (nSPS) is 12.1. The largest absolute Gasteiger partial charge is 0.350 e. The molecule has 2 rings (SSSR count). The molecule has 0 radical (unpaired) electrons. The number of aryl methyl sites for hydroxylation is 1. The fourth-order valence-electron chi connectivity index (χ4n) is 3.10. The zero-order valence-electron chi connectivity index (χ0n) is 18.5. The zero-order valence-corrected chi connectivity index (χ0v) is 19.3. The molecule has 0 aromatic heterocycles. The Hall–Kier alpha value is -2.87. The number of amides is 2. The van der Waals surface area contributed by atoms with Crippen molar-refractivity contribution in [3.05, 3.63) is 59.7 Å². The number of hydrogen-bond donors (Lipinski definition) is 2. The summed E-state index contributed by atoms with van der Waals surface area (Å²) in [6.45, 7) is 5.94. The lowest BCUT2D eigenvalue weighted by Crippen LogP contribution is -2.33. The third-order valence-electron chi connectivity index (χ3n) is 4.99. The maximum Gasteiger partial charge on any atom is 0.253 e. The Morgan fingerprint density at radius 1 is 1.06 bits per heavy atom. The van der Waals surface area contributed by atoms with E-state index < -0.39 is 10.0 Å². The first-order chi connectivity index (χ1) is 14.6. The van der Waals surface area contributed by atoms with E-state index in [2.05, 4.69) is 10.6 Å². The van der Waals surface area contributed by atoms with Crippen LogP contribution < -0.4 is 14.9 Å². The summed E-state index contributed by atoms with van der Waals surface area (Å²) in [5, 5.41) is 5.67. The van der Waals surface area contributed by atoms with Gasteiger partial charge in [-0.15, -0.1) is 0 Å². The van der Waals surface area contributed by atoms with Crippen LogP contribution in [0.1, 0.15) is 49.0 Å². The van der Waals surface area contributed by atoms with E-state index in [-0.39, 0.29) is 30.8 Å². The number of carbonyl (C=O) groups excluding carboxylic acids is 2. The van der Waals surface area contributed by atoms with Crippen molar-refractivity contribution in [2.75, 3.05) is 22.4 Å². The summed E-state index contributed by atoms with van der Waals surface area (Å²) in [6.07, 6.45) is 2.43. The van der Waals surface area contributed by atoms with Gasteiger partial charge in [0, 0.05) is 19.0 Å². The zero-order chi connectivity index (χ0) is 23.0. The molecule has 0 spiro atoms. The SMILES string of the molecule is CC[C@H](C)NC(=O)c1ccccc1NC(=O)CCCN(c1ccccc1C)S(C)(=O)=O. The number of anilines is 2. The summed E-state index contributed by atoms with van der Waals surface area (Å²) in [7, 11) is -3.48. The third kappa shape index (κ3) is 7.10. The number of para-hydroxylation sites is 2. The molecule has 2 amide bonds. The Morgan fingerprint density at radius 2 is 1.71 bits per heavy atom. The highest BCUT2D eigenvalue weighted by Gasteiger charge is 2.19. The van der Waals surface area contributed by atoms with Crippen LogP contribution in [0, 0.1) is 6.92 Å². The first kappa shape index (κ1) is 24.4. The molecular weight excluding hydrogens is 414 g/mol. The van der Waals surface area contributed by atoms with E-state index in [9.17, 15) is 18.0 Å². The summed E-state index contributed by atoms with van der Waals surface area (Å²) in [5.74, 6) is -0.518. The number of rotatable bonds is 10. The van der Waals surface area contributed by atoms with Crippen molar-refractivity contribution in [1.82, 2.24) is 5.32 Å². The predicted molar refractivity (Wildman–Crippen MR) is 125 cm³/mol. The van der Waals surface area contributed by atoms with E-state index in [1.54, 1.807) is 36.4 Å². The van der Waals surface area contributed by atoms with Crippen LogP contribution in [0.3, 0.4) is 0 Å². The summed E-state index contributed by atoms with van der Waals surface area (Å²) in [5.41, 5.74) is 2.29. The lowest BCUT2D eigenvalue weighted by molar-refractivity contribution is -0.116. The van der Waals surface area contributed by atoms with Crippen LogP contribution in [0.15, 0.2) is 48.5 Å². The lowest BCUT2D eigenvalue weighted by atomic mass is 10.1. The molecule has 31 heavy (non-hydrogen) atoms. The Bertz CT molecular complexity index is 1020.